The van der Waals surface area contributed by atoms with E-state index in [1.54, 1.807) is 19.2 Å². The Balaban J connectivity index is 1.45. The molecule has 6 nitrogen and oxygen atoms in total. The molecule has 2 fully saturated rings. The lowest BCUT2D eigenvalue weighted by Crippen LogP contribution is -2.43. The molecule has 33 heavy (non-hydrogen) atoms. The van der Waals surface area contributed by atoms with Crippen LogP contribution < -0.4 is 20.3 Å². The Morgan fingerprint density at radius 2 is 1.94 bits per heavy atom. The highest BCUT2D eigenvalue weighted by Gasteiger charge is 2.34. The molecule has 1 atom stereocenters. The average molecular weight is 472 g/mol. The molecule has 0 bridgehead atoms. The highest BCUT2D eigenvalue weighted by Crippen LogP contribution is 2.39. The van der Waals surface area contributed by atoms with E-state index in [0.29, 0.717) is 29.4 Å². The first-order valence-electron chi connectivity index (χ1n) is 12.0. The summed E-state index contributed by atoms with van der Waals surface area (Å²) in [6.45, 7) is 4.91. The van der Waals surface area contributed by atoms with Gasteiger partial charge in [0.05, 0.1) is 7.11 Å². The molecule has 178 valence electrons. The molecule has 0 radical (unpaired) electrons. The van der Waals surface area contributed by atoms with Crippen molar-refractivity contribution in [3.05, 3.63) is 41.7 Å². The normalized spacial score (nSPS) is 20.2. The number of hydrogen-bond acceptors (Lipinski definition) is 5. The van der Waals surface area contributed by atoms with Crippen molar-refractivity contribution < 1.29 is 9.13 Å². The zero-order valence-electron chi connectivity index (χ0n) is 19.6. The molecule has 8 heteroatoms. The van der Waals surface area contributed by atoms with Crippen LogP contribution in [-0.4, -0.2) is 41.8 Å². The van der Waals surface area contributed by atoms with Gasteiger partial charge in [0.1, 0.15) is 11.6 Å². The number of benzene rings is 1. The number of ether oxygens (including phenoxy) is 1. The van der Waals surface area contributed by atoms with Crippen LogP contribution in [0.1, 0.15) is 57.4 Å². The van der Waals surface area contributed by atoms with E-state index in [-0.39, 0.29) is 11.2 Å². The fourth-order valence-electron chi connectivity index (χ4n) is 5.13. The van der Waals surface area contributed by atoms with Crippen LogP contribution in [0.4, 0.5) is 16.2 Å². The minimum Gasteiger partial charge on any atom is -0.481 e. The second kappa shape index (κ2) is 10.6. The maximum atomic E-state index is 13.5. The Morgan fingerprint density at radius 1 is 1.18 bits per heavy atom. The maximum absolute atomic E-state index is 13.5. The molecule has 0 spiro atoms. The Hall–Kier alpha value is -2.48. The number of methoxy groups -OCH3 is 1. The lowest BCUT2D eigenvalue weighted by atomic mass is 9.69. The number of rotatable bonds is 6. The van der Waals surface area contributed by atoms with E-state index < -0.39 is 0 Å². The van der Waals surface area contributed by atoms with Gasteiger partial charge >= 0.3 is 0 Å². The fourth-order valence-corrected chi connectivity index (χ4v) is 5.29. The summed E-state index contributed by atoms with van der Waals surface area (Å²) in [5.41, 5.74) is 1.11. The van der Waals surface area contributed by atoms with Gasteiger partial charge in [-0.3, -0.25) is 0 Å². The Bertz CT molecular complexity index is 948. The predicted molar refractivity (Wildman–Crippen MR) is 135 cm³/mol. The third-order valence-corrected chi connectivity index (χ3v) is 7.21. The number of anilines is 2. The second-order valence-corrected chi connectivity index (χ2v) is 9.85. The molecular formula is C25H34FN5OS. The third kappa shape index (κ3) is 5.91. The van der Waals surface area contributed by atoms with Crippen LogP contribution in [0.5, 0.6) is 5.88 Å². The molecule has 1 saturated heterocycles. The van der Waals surface area contributed by atoms with Crippen LogP contribution in [0.3, 0.4) is 0 Å². The largest absolute Gasteiger partial charge is 0.481 e. The zero-order valence-corrected chi connectivity index (χ0v) is 20.4. The van der Waals surface area contributed by atoms with Gasteiger partial charge in [-0.25, -0.2) is 4.39 Å². The number of hydrogen-bond donors (Lipinski definition) is 2. The van der Waals surface area contributed by atoms with Crippen LogP contribution >= 0.6 is 12.2 Å². The Kier molecular flexibility index (Phi) is 7.63. The minimum absolute atomic E-state index is 0.0535. The summed E-state index contributed by atoms with van der Waals surface area (Å²) in [5, 5.41) is 7.03. The van der Waals surface area contributed by atoms with Crippen molar-refractivity contribution >= 4 is 29.1 Å². The minimum atomic E-state index is -0.205. The fraction of sp³-hybridized carbons (Fsp3) is 0.560. The van der Waals surface area contributed by atoms with Crippen molar-refractivity contribution in [2.45, 2.75) is 57.3 Å². The topological polar surface area (TPSA) is 62.3 Å². The van der Waals surface area contributed by atoms with Gasteiger partial charge < -0.3 is 20.3 Å². The molecule has 0 unspecified atom stereocenters. The third-order valence-electron chi connectivity index (χ3n) is 6.96. The zero-order chi connectivity index (χ0) is 23.3. The maximum Gasteiger partial charge on any atom is 0.234 e. The van der Waals surface area contributed by atoms with E-state index in [9.17, 15) is 4.39 Å². The van der Waals surface area contributed by atoms with Gasteiger partial charge in [0, 0.05) is 31.1 Å². The summed E-state index contributed by atoms with van der Waals surface area (Å²) in [4.78, 5) is 11.4. The van der Waals surface area contributed by atoms with Crippen LogP contribution in [0.25, 0.3) is 0 Å². The molecule has 1 aromatic heterocycles. The van der Waals surface area contributed by atoms with Crippen molar-refractivity contribution in [3.63, 3.8) is 0 Å². The number of thiocarbonyl (C=S) groups is 1. The number of nitrogens with one attached hydrogen (secondary N) is 2. The molecule has 0 amide bonds. The summed E-state index contributed by atoms with van der Waals surface area (Å²) < 4.78 is 18.9. The Morgan fingerprint density at radius 3 is 2.64 bits per heavy atom. The van der Waals surface area contributed by atoms with E-state index in [4.69, 9.17) is 21.9 Å². The van der Waals surface area contributed by atoms with Crippen molar-refractivity contribution in [2.75, 3.05) is 37.0 Å². The monoisotopic (exact) mass is 471 g/mol. The van der Waals surface area contributed by atoms with Gasteiger partial charge in [0.15, 0.2) is 5.11 Å². The molecule has 1 saturated carbocycles. The summed E-state index contributed by atoms with van der Waals surface area (Å²) >= 11 is 5.61. The van der Waals surface area contributed by atoms with Crippen molar-refractivity contribution in [1.29, 1.82) is 0 Å². The summed E-state index contributed by atoms with van der Waals surface area (Å²) in [6.07, 6.45) is 8.07. The average Bonchev–Trinajstić information content (AvgIpc) is 2.83. The van der Waals surface area contributed by atoms with Gasteiger partial charge in [-0.15, -0.1) is 0 Å². The SMILES string of the molecule is COc1cc(N2CCC[C@H](C)C2)nc(NC(=S)NCC2(c3ccc(F)cc3)CCCCC2)n1. The number of halogens is 1. The second-order valence-electron chi connectivity index (χ2n) is 9.44. The molecule has 1 aliphatic carbocycles. The molecule has 4 rings (SSSR count). The predicted octanol–water partition coefficient (Wildman–Crippen LogP) is 5.05. The molecule has 2 heterocycles. The van der Waals surface area contributed by atoms with E-state index in [0.717, 1.165) is 56.6 Å². The van der Waals surface area contributed by atoms with Gasteiger partial charge in [-0.1, -0.05) is 38.3 Å². The smallest absolute Gasteiger partial charge is 0.234 e. The molecule has 1 aromatic carbocycles. The highest BCUT2D eigenvalue weighted by atomic mass is 32.1. The molecule has 2 aromatic rings. The van der Waals surface area contributed by atoms with Gasteiger partial charge in [-0.2, -0.15) is 9.97 Å². The molecule has 2 aliphatic rings. The highest BCUT2D eigenvalue weighted by molar-refractivity contribution is 7.80. The van der Waals surface area contributed by atoms with Crippen LogP contribution in [0.15, 0.2) is 30.3 Å². The molecule has 1 aliphatic heterocycles. The van der Waals surface area contributed by atoms with Gasteiger partial charge in [0.25, 0.3) is 0 Å². The molecule has 2 N–H and O–H groups in total. The van der Waals surface area contributed by atoms with Crippen molar-refractivity contribution in [1.82, 2.24) is 15.3 Å². The first kappa shape index (κ1) is 23.7. The quantitative estimate of drug-likeness (QED) is 0.572. The van der Waals surface area contributed by atoms with E-state index in [1.165, 1.54) is 12.8 Å². The van der Waals surface area contributed by atoms with Gasteiger partial charge in [0.2, 0.25) is 11.8 Å². The lowest BCUT2D eigenvalue weighted by molar-refractivity contribution is 0.292. The van der Waals surface area contributed by atoms with E-state index in [2.05, 4.69) is 27.4 Å². The van der Waals surface area contributed by atoms with Crippen molar-refractivity contribution in [2.24, 2.45) is 5.92 Å². The van der Waals surface area contributed by atoms with Crippen molar-refractivity contribution in [3.8, 4) is 5.88 Å². The van der Waals surface area contributed by atoms with Gasteiger partial charge in [-0.05, 0) is 61.5 Å². The van der Waals surface area contributed by atoms with E-state index in [1.807, 2.05) is 18.2 Å². The van der Waals surface area contributed by atoms with Crippen LogP contribution in [-0.2, 0) is 5.41 Å². The first-order valence-corrected chi connectivity index (χ1v) is 12.4. The van der Waals surface area contributed by atoms with E-state index >= 15 is 0 Å². The number of aromatic nitrogens is 2. The summed E-state index contributed by atoms with van der Waals surface area (Å²) in [5.74, 6) is 2.23. The Labute approximate surface area is 201 Å². The number of piperidine rings is 1. The summed E-state index contributed by atoms with van der Waals surface area (Å²) in [6, 6.07) is 8.81. The van der Waals surface area contributed by atoms with Crippen LogP contribution in [0, 0.1) is 11.7 Å². The number of nitrogens with zero attached hydrogens (tertiary/aromatic N) is 3. The lowest BCUT2D eigenvalue weighted by Gasteiger charge is -2.38. The first-order chi connectivity index (χ1) is 16.0. The van der Waals surface area contributed by atoms with Crippen LogP contribution in [0.2, 0.25) is 0 Å². The molecular weight excluding hydrogens is 437 g/mol. The summed E-state index contributed by atoms with van der Waals surface area (Å²) in [7, 11) is 1.61. The standard InChI is InChI=1S/C25H34FN5OS/c1-18-7-6-14-31(16-18)21-15-22(32-2)29-23(28-21)30-24(33)27-17-25(12-4-3-5-13-25)19-8-10-20(26)11-9-19/h8-11,15,18H,3-7,12-14,16-17H2,1-2H3,(H2,27,28,29,30,33)/t18-/m0/s1.